The number of carbonyl (C=O) groups excluding carboxylic acids is 5. The molecule has 2 aliphatic rings. The minimum atomic E-state index is -1.45. The molecule has 0 aromatic heterocycles. The lowest BCUT2D eigenvalue weighted by molar-refractivity contribution is -0.195. The molecule has 0 bridgehead atoms. The Balaban J connectivity index is 2.29. The molecule has 42 heavy (non-hydrogen) atoms. The van der Waals surface area contributed by atoms with Crippen LogP contribution < -0.4 is 0 Å². The number of esters is 4. The van der Waals surface area contributed by atoms with Gasteiger partial charge in [-0.1, -0.05) is 50.3 Å². The summed E-state index contributed by atoms with van der Waals surface area (Å²) in [7, 11) is 0. The first-order valence-corrected chi connectivity index (χ1v) is 14.3. The minimum Gasteiger partial charge on any atom is -0.458 e. The van der Waals surface area contributed by atoms with Crippen LogP contribution in [0.1, 0.15) is 78.6 Å². The smallest absolute Gasteiger partial charge is 0.338 e. The fourth-order valence-electron chi connectivity index (χ4n) is 6.05. The van der Waals surface area contributed by atoms with Crippen LogP contribution in [0.5, 0.6) is 0 Å². The molecular weight excluding hydrogens is 540 g/mol. The van der Waals surface area contributed by atoms with Crippen LogP contribution >= 0.6 is 0 Å². The highest BCUT2D eigenvalue weighted by atomic mass is 16.6. The SMILES string of the molecule is CC(=O)O[C@@H]1[C@@H](C)/C=C\C(C)(C)C(=O)C[C@@H](OC(C)=O)/C(C)=C/[C@H]2[C@@H](OC(=O)c3ccccc3)[C@H](C)C[C@]12OC(C)=O. The van der Waals surface area contributed by atoms with E-state index in [0.29, 0.717) is 11.1 Å². The second-order valence-corrected chi connectivity index (χ2v) is 12.1. The van der Waals surface area contributed by atoms with Gasteiger partial charge in [-0.2, -0.15) is 0 Å². The topological polar surface area (TPSA) is 122 Å². The van der Waals surface area contributed by atoms with Crippen molar-refractivity contribution >= 4 is 29.7 Å². The Morgan fingerprint density at radius 2 is 1.50 bits per heavy atom. The molecule has 1 fully saturated rings. The van der Waals surface area contributed by atoms with E-state index in [4.69, 9.17) is 18.9 Å². The minimum absolute atomic E-state index is 0.0850. The predicted molar refractivity (Wildman–Crippen MR) is 154 cm³/mol. The van der Waals surface area contributed by atoms with Crippen LogP contribution in [0.4, 0.5) is 0 Å². The van der Waals surface area contributed by atoms with Crippen LogP contribution in [0.3, 0.4) is 0 Å². The molecule has 1 aromatic carbocycles. The van der Waals surface area contributed by atoms with E-state index in [1.165, 1.54) is 20.8 Å². The molecule has 1 aromatic rings. The van der Waals surface area contributed by atoms with Gasteiger partial charge in [0.1, 0.15) is 24.1 Å². The van der Waals surface area contributed by atoms with Crippen LogP contribution in [-0.4, -0.2) is 53.6 Å². The van der Waals surface area contributed by atoms with E-state index in [2.05, 4.69) is 0 Å². The van der Waals surface area contributed by atoms with E-state index in [0.717, 1.165) is 0 Å². The van der Waals surface area contributed by atoms with Crippen molar-refractivity contribution in [1.82, 2.24) is 0 Å². The van der Waals surface area contributed by atoms with E-state index in [1.807, 2.05) is 13.8 Å². The Morgan fingerprint density at radius 3 is 2.07 bits per heavy atom. The van der Waals surface area contributed by atoms with Crippen LogP contribution in [0.2, 0.25) is 0 Å². The molecule has 0 unspecified atom stereocenters. The second kappa shape index (κ2) is 13.0. The van der Waals surface area contributed by atoms with Crippen molar-refractivity contribution in [3.8, 4) is 0 Å². The molecule has 3 rings (SSSR count). The zero-order chi connectivity index (χ0) is 31.4. The number of carbonyl (C=O) groups is 5. The number of benzene rings is 1. The van der Waals surface area contributed by atoms with Gasteiger partial charge in [0.2, 0.25) is 0 Å². The molecule has 0 amide bonds. The first-order valence-electron chi connectivity index (χ1n) is 14.3. The summed E-state index contributed by atoms with van der Waals surface area (Å²) in [5.74, 6) is -4.12. The molecule has 0 heterocycles. The number of hydrogen-bond donors (Lipinski definition) is 0. The largest absolute Gasteiger partial charge is 0.458 e. The lowest BCUT2D eigenvalue weighted by Crippen LogP contribution is -2.55. The maximum absolute atomic E-state index is 13.4. The van der Waals surface area contributed by atoms with Gasteiger partial charge in [-0.25, -0.2) is 4.79 Å². The number of hydrogen-bond acceptors (Lipinski definition) is 9. The maximum Gasteiger partial charge on any atom is 0.338 e. The van der Waals surface area contributed by atoms with Gasteiger partial charge < -0.3 is 18.9 Å². The molecule has 0 N–H and O–H groups in total. The van der Waals surface area contributed by atoms with Gasteiger partial charge in [-0.15, -0.1) is 0 Å². The summed E-state index contributed by atoms with van der Waals surface area (Å²) in [5, 5.41) is 0. The van der Waals surface area contributed by atoms with Crippen LogP contribution in [0, 0.1) is 23.2 Å². The summed E-state index contributed by atoms with van der Waals surface area (Å²) in [4.78, 5) is 64.0. The van der Waals surface area contributed by atoms with Crippen molar-refractivity contribution in [2.45, 2.75) is 92.1 Å². The van der Waals surface area contributed by atoms with Gasteiger partial charge in [-0.3, -0.25) is 19.2 Å². The predicted octanol–water partition coefficient (Wildman–Crippen LogP) is 5.17. The summed E-state index contributed by atoms with van der Waals surface area (Å²) in [5.41, 5.74) is -1.51. The van der Waals surface area contributed by atoms with Crippen LogP contribution in [0.15, 0.2) is 54.1 Å². The number of Topliss-reactive ketones (excluding diaryl/α,β-unsaturated/α-hetero) is 1. The molecule has 0 spiro atoms. The first kappa shape index (κ1) is 32.8. The van der Waals surface area contributed by atoms with E-state index < -0.39 is 65.0 Å². The first-order chi connectivity index (χ1) is 19.6. The van der Waals surface area contributed by atoms with Crippen molar-refractivity contribution in [1.29, 1.82) is 0 Å². The third-order valence-corrected chi connectivity index (χ3v) is 8.12. The molecule has 9 heteroatoms. The normalized spacial score (nSPS) is 33.0. The Labute approximate surface area is 247 Å². The fourth-order valence-corrected chi connectivity index (χ4v) is 6.05. The van der Waals surface area contributed by atoms with Crippen molar-refractivity contribution < 1.29 is 42.9 Å². The van der Waals surface area contributed by atoms with Crippen LogP contribution in [0.25, 0.3) is 0 Å². The Hall–Kier alpha value is -3.75. The molecular formula is C33H42O9. The van der Waals surface area contributed by atoms with E-state index in [1.54, 1.807) is 69.3 Å². The number of ketones is 1. The zero-order valence-corrected chi connectivity index (χ0v) is 25.7. The standard InChI is InChI=1S/C33H42O9/c1-19-14-15-32(7,8)28(37)17-27(39-22(4)34)20(2)16-26-29(41-31(38)25-12-10-9-11-13-25)21(3)18-33(26,42-24(6)36)30(19)40-23(5)35/h9-16,19,21,26-27,29-30H,17-18H2,1-8H3/b15-14-,20-16+/t19-,21+,26-,27+,29-,30+,33+/m0/s1. The molecule has 2 aliphatic carbocycles. The van der Waals surface area contributed by atoms with Gasteiger partial charge in [0, 0.05) is 38.5 Å². The molecule has 1 saturated carbocycles. The van der Waals surface area contributed by atoms with Gasteiger partial charge in [0.05, 0.1) is 11.5 Å². The average Bonchev–Trinajstić information content (AvgIpc) is 3.14. The zero-order valence-electron chi connectivity index (χ0n) is 25.7. The summed E-state index contributed by atoms with van der Waals surface area (Å²) in [6.45, 7) is 12.8. The molecule has 0 saturated heterocycles. The number of fused-ring (bicyclic) bond motifs is 1. The quantitative estimate of drug-likeness (QED) is 0.263. The molecule has 0 radical (unpaired) electrons. The fraction of sp³-hybridized carbons (Fsp3) is 0.545. The summed E-state index contributed by atoms with van der Waals surface area (Å²) in [6, 6.07) is 8.52. The highest BCUT2D eigenvalue weighted by molar-refractivity contribution is 5.89. The van der Waals surface area contributed by atoms with Crippen molar-refractivity contribution in [3.63, 3.8) is 0 Å². The third-order valence-electron chi connectivity index (χ3n) is 8.12. The summed E-state index contributed by atoms with van der Waals surface area (Å²) < 4.78 is 23.8. The maximum atomic E-state index is 13.4. The molecule has 7 atom stereocenters. The van der Waals surface area contributed by atoms with Crippen molar-refractivity contribution in [2.75, 3.05) is 0 Å². The second-order valence-electron chi connectivity index (χ2n) is 12.1. The summed E-state index contributed by atoms with van der Waals surface area (Å²) >= 11 is 0. The third kappa shape index (κ3) is 7.36. The van der Waals surface area contributed by atoms with Gasteiger partial charge >= 0.3 is 23.9 Å². The Kier molecular flexibility index (Phi) is 10.2. The lowest BCUT2D eigenvalue weighted by Gasteiger charge is -2.43. The lowest BCUT2D eigenvalue weighted by atomic mass is 9.75. The highest BCUT2D eigenvalue weighted by Gasteiger charge is 2.62. The van der Waals surface area contributed by atoms with Crippen molar-refractivity contribution in [2.24, 2.45) is 23.2 Å². The molecule has 0 aliphatic heterocycles. The van der Waals surface area contributed by atoms with Gasteiger partial charge in [-0.05, 0) is 50.8 Å². The van der Waals surface area contributed by atoms with E-state index in [-0.39, 0.29) is 24.5 Å². The molecule has 9 nitrogen and oxygen atoms in total. The molecule has 228 valence electrons. The number of rotatable bonds is 5. The monoisotopic (exact) mass is 582 g/mol. The van der Waals surface area contributed by atoms with Crippen molar-refractivity contribution in [3.05, 3.63) is 59.7 Å². The van der Waals surface area contributed by atoms with Crippen LogP contribution in [-0.2, 0) is 38.1 Å². The van der Waals surface area contributed by atoms with E-state index in [9.17, 15) is 24.0 Å². The summed E-state index contributed by atoms with van der Waals surface area (Å²) in [6.07, 6.45) is 2.67. The van der Waals surface area contributed by atoms with Gasteiger partial charge in [0.25, 0.3) is 0 Å². The highest BCUT2D eigenvalue weighted by Crippen LogP contribution is 2.51. The average molecular weight is 583 g/mol. The van der Waals surface area contributed by atoms with Gasteiger partial charge in [0.15, 0.2) is 5.60 Å². The number of allylic oxidation sites excluding steroid dienone is 1. The Bertz CT molecular complexity index is 1260. The number of ether oxygens (including phenoxy) is 4. The Morgan fingerprint density at radius 1 is 0.881 bits per heavy atom. The van der Waals surface area contributed by atoms with E-state index >= 15 is 0 Å².